The fourth-order valence-electron chi connectivity index (χ4n) is 4.24. The molecule has 1 fully saturated rings. The zero-order valence-electron chi connectivity index (χ0n) is 17.5. The highest BCUT2D eigenvalue weighted by Crippen LogP contribution is 2.32. The third kappa shape index (κ3) is 4.24. The Labute approximate surface area is 181 Å². The first-order valence-corrected chi connectivity index (χ1v) is 10.7. The molecule has 0 aromatic heterocycles. The van der Waals surface area contributed by atoms with Gasteiger partial charge < -0.3 is 15.0 Å². The van der Waals surface area contributed by atoms with Crippen molar-refractivity contribution in [3.05, 3.63) is 92.2 Å². The summed E-state index contributed by atoms with van der Waals surface area (Å²) in [5, 5.41) is 3.33. The van der Waals surface area contributed by atoms with Crippen LogP contribution in [0.4, 0.5) is 11.4 Å². The first-order valence-electron chi connectivity index (χ1n) is 10.7. The van der Waals surface area contributed by atoms with Crippen LogP contribution in [0.5, 0.6) is 0 Å². The summed E-state index contributed by atoms with van der Waals surface area (Å²) in [7, 11) is 0. The Kier molecular flexibility index (Phi) is 6.16. The molecule has 3 aromatic carbocycles. The van der Waals surface area contributed by atoms with Crippen LogP contribution in [-0.4, -0.2) is 25.7 Å². The molecule has 0 aliphatic carbocycles. The zero-order valence-corrected chi connectivity index (χ0v) is 17.5. The van der Waals surface area contributed by atoms with E-state index in [1.807, 2.05) is 65.6 Å². The summed E-state index contributed by atoms with van der Waals surface area (Å²) in [5.74, 6) is -0.531. The van der Waals surface area contributed by atoms with E-state index in [9.17, 15) is 14.4 Å². The maximum Gasteiger partial charge on any atom is 0.310 e. The van der Waals surface area contributed by atoms with Gasteiger partial charge in [0.2, 0.25) is 0 Å². The van der Waals surface area contributed by atoms with Crippen molar-refractivity contribution < 1.29 is 9.53 Å². The lowest BCUT2D eigenvalue weighted by Gasteiger charge is -2.35. The largest absolute Gasteiger partial charge is 0.466 e. The molecule has 0 bridgehead atoms. The summed E-state index contributed by atoms with van der Waals surface area (Å²) >= 11 is 0. The fraction of sp³-hybridized carbons (Fsp3) is 0.320. The minimum Gasteiger partial charge on any atom is -0.466 e. The molecule has 1 aliphatic rings. The van der Waals surface area contributed by atoms with Crippen molar-refractivity contribution in [1.29, 1.82) is 0 Å². The van der Waals surface area contributed by atoms with E-state index in [2.05, 4.69) is 5.32 Å². The van der Waals surface area contributed by atoms with Crippen molar-refractivity contribution in [3.63, 3.8) is 0 Å². The molecule has 0 saturated carbocycles. The molecule has 0 spiro atoms. The van der Waals surface area contributed by atoms with Gasteiger partial charge in [0.15, 0.2) is 0 Å². The lowest BCUT2D eigenvalue weighted by atomic mass is 9.95. The number of esters is 1. The zero-order chi connectivity index (χ0) is 21.8. The molecule has 1 heterocycles. The van der Waals surface area contributed by atoms with Crippen molar-refractivity contribution in [1.82, 2.24) is 0 Å². The highest BCUT2D eigenvalue weighted by molar-refractivity contribution is 5.78. The van der Waals surface area contributed by atoms with Gasteiger partial charge in [0.25, 0.3) is 10.9 Å². The predicted octanol–water partition coefficient (Wildman–Crippen LogP) is 3.26. The lowest BCUT2D eigenvalue weighted by Crippen LogP contribution is -2.48. The number of piperidine rings is 1. The minimum atomic E-state index is -0.509. The molecule has 160 valence electrons. The van der Waals surface area contributed by atoms with Gasteiger partial charge in [0.05, 0.1) is 18.6 Å². The van der Waals surface area contributed by atoms with Gasteiger partial charge in [0.1, 0.15) is 11.4 Å². The average molecular weight is 418 g/mol. The third-order valence-electron chi connectivity index (χ3n) is 5.80. The molecule has 1 saturated heterocycles. The smallest absolute Gasteiger partial charge is 0.310 e. The summed E-state index contributed by atoms with van der Waals surface area (Å²) in [4.78, 5) is 39.1. The SMILES string of the molecule is CCOC(=O)[C@H]1CCCN(c2c(NC(c3ccccc3)c3ccccc3)c(=O)c2=O)C1. The molecular weight excluding hydrogens is 392 g/mol. The molecule has 0 radical (unpaired) electrons. The Hall–Kier alpha value is -3.41. The molecule has 1 N–H and O–H groups in total. The molecule has 6 heteroatoms. The van der Waals surface area contributed by atoms with E-state index < -0.39 is 10.9 Å². The van der Waals surface area contributed by atoms with Crippen LogP contribution in [0.15, 0.2) is 70.3 Å². The number of nitrogens with zero attached hydrogens (tertiary/aromatic N) is 1. The average Bonchev–Trinajstić information content (AvgIpc) is 2.82. The number of carbonyl (C=O) groups excluding carboxylic acids is 1. The number of rotatable bonds is 7. The van der Waals surface area contributed by atoms with Crippen LogP contribution in [0.1, 0.15) is 36.9 Å². The monoisotopic (exact) mass is 418 g/mol. The van der Waals surface area contributed by atoms with Crippen LogP contribution in [0, 0.1) is 5.92 Å². The van der Waals surface area contributed by atoms with Gasteiger partial charge in [-0.25, -0.2) is 0 Å². The topological polar surface area (TPSA) is 75.7 Å². The van der Waals surface area contributed by atoms with Crippen molar-refractivity contribution >= 4 is 17.3 Å². The maximum absolute atomic E-state index is 12.5. The van der Waals surface area contributed by atoms with E-state index in [1.54, 1.807) is 6.92 Å². The second-order valence-electron chi connectivity index (χ2n) is 7.82. The van der Waals surface area contributed by atoms with Crippen molar-refractivity contribution in [2.24, 2.45) is 5.92 Å². The van der Waals surface area contributed by atoms with Crippen molar-refractivity contribution in [3.8, 4) is 0 Å². The summed E-state index contributed by atoms with van der Waals surface area (Å²) in [6.45, 7) is 3.14. The third-order valence-corrected chi connectivity index (χ3v) is 5.80. The maximum atomic E-state index is 12.5. The van der Waals surface area contributed by atoms with Crippen LogP contribution in [0.25, 0.3) is 0 Å². The van der Waals surface area contributed by atoms with Crippen LogP contribution in [-0.2, 0) is 9.53 Å². The first kappa shape index (κ1) is 20.8. The number of hydrogen-bond acceptors (Lipinski definition) is 6. The molecular formula is C25H26N2O4. The van der Waals surface area contributed by atoms with Gasteiger partial charge in [-0.2, -0.15) is 0 Å². The Morgan fingerprint density at radius 1 is 1.03 bits per heavy atom. The number of carbonyl (C=O) groups is 1. The molecule has 6 nitrogen and oxygen atoms in total. The number of nitrogens with one attached hydrogen (secondary N) is 1. The second kappa shape index (κ2) is 9.16. The van der Waals surface area contributed by atoms with Crippen molar-refractivity contribution in [2.45, 2.75) is 25.8 Å². The number of benzene rings is 2. The summed E-state index contributed by atoms with van der Waals surface area (Å²) < 4.78 is 5.17. The van der Waals surface area contributed by atoms with E-state index in [4.69, 9.17) is 4.74 Å². The molecule has 0 unspecified atom stereocenters. The van der Waals surface area contributed by atoms with Gasteiger partial charge in [-0.1, -0.05) is 60.7 Å². The van der Waals surface area contributed by atoms with Crippen LogP contribution in [0.2, 0.25) is 0 Å². The van der Waals surface area contributed by atoms with Crippen LogP contribution in [0.3, 0.4) is 0 Å². The van der Waals surface area contributed by atoms with Gasteiger partial charge in [0, 0.05) is 13.1 Å². The van der Waals surface area contributed by atoms with Crippen LogP contribution < -0.4 is 21.1 Å². The highest BCUT2D eigenvalue weighted by atomic mass is 16.5. The van der Waals surface area contributed by atoms with E-state index in [1.165, 1.54) is 0 Å². The highest BCUT2D eigenvalue weighted by Gasteiger charge is 2.34. The lowest BCUT2D eigenvalue weighted by molar-refractivity contribution is -0.148. The minimum absolute atomic E-state index is 0.244. The Balaban J connectivity index is 1.63. The summed E-state index contributed by atoms with van der Waals surface area (Å²) in [6.07, 6.45) is 1.49. The number of anilines is 2. The summed E-state index contributed by atoms with van der Waals surface area (Å²) in [6, 6.07) is 19.4. The molecule has 1 aliphatic heterocycles. The molecule has 1 atom stereocenters. The number of hydrogen-bond donors (Lipinski definition) is 1. The van der Waals surface area contributed by atoms with Gasteiger partial charge in [-0.3, -0.25) is 14.4 Å². The van der Waals surface area contributed by atoms with E-state index in [-0.39, 0.29) is 17.9 Å². The first-order chi connectivity index (χ1) is 15.1. The standard InChI is InChI=1S/C25H26N2O4/c1-2-31-25(30)19-14-9-15-27(16-19)22-21(23(28)24(22)29)26-20(17-10-5-3-6-11-17)18-12-7-4-8-13-18/h3-8,10-13,19-20,26H,2,9,14-16H2,1H3/t19-/m0/s1. The Morgan fingerprint density at radius 2 is 1.65 bits per heavy atom. The van der Waals surface area contributed by atoms with Gasteiger partial charge >= 0.3 is 5.97 Å². The van der Waals surface area contributed by atoms with Crippen LogP contribution >= 0.6 is 0 Å². The van der Waals surface area contributed by atoms with Gasteiger partial charge in [-0.15, -0.1) is 0 Å². The Bertz CT molecular complexity index is 1060. The second-order valence-corrected chi connectivity index (χ2v) is 7.82. The predicted molar refractivity (Wildman–Crippen MR) is 121 cm³/mol. The van der Waals surface area contributed by atoms with E-state index in [0.717, 1.165) is 24.0 Å². The molecule has 4 rings (SSSR count). The molecule has 31 heavy (non-hydrogen) atoms. The normalized spacial score (nSPS) is 16.5. The van der Waals surface area contributed by atoms with Gasteiger partial charge in [-0.05, 0) is 30.9 Å². The van der Waals surface area contributed by atoms with E-state index >= 15 is 0 Å². The summed E-state index contributed by atoms with van der Waals surface area (Å²) in [5.41, 5.74) is 1.70. The number of ether oxygens (including phenoxy) is 1. The quantitative estimate of drug-likeness (QED) is 0.469. The Morgan fingerprint density at radius 3 is 2.23 bits per heavy atom. The fourth-order valence-corrected chi connectivity index (χ4v) is 4.24. The van der Waals surface area contributed by atoms with Crippen molar-refractivity contribution in [2.75, 3.05) is 29.9 Å². The molecule has 3 aromatic rings. The molecule has 0 amide bonds. The van der Waals surface area contributed by atoms with E-state index in [0.29, 0.717) is 31.1 Å².